The first kappa shape index (κ1) is 8.05. The molecular formula is C9H15NO2. The number of esters is 1. The van der Waals surface area contributed by atoms with E-state index in [0.29, 0.717) is 13.0 Å². The van der Waals surface area contributed by atoms with Crippen LogP contribution in [-0.2, 0) is 9.53 Å². The Labute approximate surface area is 72.5 Å². The van der Waals surface area contributed by atoms with Crippen molar-refractivity contribution in [2.75, 3.05) is 19.7 Å². The zero-order valence-corrected chi connectivity index (χ0v) is 7.27. The number of hydrogen-bond donors (Lipinski definition) is 1. The first-order valence-electron chi connectivity index (χ1n) is 4.67. The molecule has 2 heterocycles. The van der Waals surface area contributed by atoms with E-state index in [2.05, 4.69) is 5.32 Å². The van der Waals surface area contributed by atoms with E-state index in [9.17, 15) is 4.79 Å². The van der Waals surface area contributed by atoms with E-state index >= 15 is 0 Å². The lowest BCUT2D eigenvalue weighted by Gasteiger charge is -2.22. The molecule has 2 aliphatic rings. The van der Waals surface area contributed by atoms with Crippen molar-refractivity contribution in [2.24, 2.45) is 5.41 Å². The summed E-state index contributed by atoms with van der Waals surface area (Å²) in [6.07, 6.45) is 4.07. The minimum atomic E-state index is -0.00287. The highest BCUT2D eigenvalue weighted by Gasteiger charge is 2.39. The summed E-state index contributed by atoms with van der Waals surface area (Å²) in [7, 11) is 0. The van der Waals surface area contributed by atoms with Crippen LogP contribution in [0.5, 0.6) is 0 Å². The van der Waals surface area contributed by atoms with Gasteiger partial charge in [0.25, 0.3) is 0 Å². The minimum Gasteiger partial charge on any atom is -0.465 e. The molecule has 0 radical (unpaired) electrons. The van der Waals surface area contributed by atoms with Crippen LogP contribution < -0.4 is 5.32 Å². The third-order valence-corrected chi connectivity index (χ3v) is 2.95. The third kappa shape index (κ3) is 1.46. The lowest BCUT2D eigenvalue weighted by atomic mass is 9.80. The lowest BCUT2D eigenvalue weighted by molar-refractivity contribution is -0.137. The largest absolute Gasteiger partial charge is 0.465 e. The Kier molecular flexibility index (Phi) is 2.05. The molecule has 2 aliphatic heterocycles. The van der Waals surface area contributed by atoms with Gasteiger partial charge in [0.1, 0.15) is 0 Å². The van der Waals surface area contributed by atoms with Crippen molar-refractivity contribution in [2.45, 2.75) is 25.7 Å². The molecule has 2 fully saturated rings. The van der Waals surface area contributed by atoms with Crippen molar-refractivity contribution in [1.29, 1.82) is 0 Å². The number of hydrogen-bond acceptors (Lipinski definition) is 3. The summed E-state index contributed by atoms with van der Waals surface area (Å²) in [6.45, 7) is 2.79. The van der Waals surface area contributed by atoms with Gasteiger partial charge in [-0.05, 0) is 32.4 Å². The van der Waals surface area contributed by atoms with E-state index in [1.165, 1.54) is 6.42 Å². The van der Waals surface area contributed by atoms with E-state index in [4.69, 9.17) is 4.74 Å². The fourth-order valence-corrected chi connectivity index (χ4v) is 2.15. The van der Waals surface area contributed by atoms with Gasteiger partial charge in [0.05, 0.1) is 13.0 Å². The molecule has 0 bridgehead atoms. The summed E-state index contributed by atoms with van der Waals surface area (Å²) in [5.74, 6) is -0.00287. The summed E-state index contributed by atoms with van der Waals surface area (Å²) < 4.78 is 5.04. The SMILES string of the molecule is O=C1CC2(CCCNCC2)CO1. The van der Waals surface area contributed by atoms with Crippen molar-refractivity contribution in [1.82, 2.24) is 5.32 Å². The molecule has 1 N–H and O–H groups in total. The average Bonchev–Trinajstić information content (AvgIpc) is 2.30. The van der Waals surface area contributed by atoms with Gasteiger partial charge in [0.2, 0.25) is 0 Å². The monoisotopic (exact) mass is 169 g/mol. The maximum Gasteiger partial charge on any atom is 0.306 e. The average molecular weight is 169 g/mol. The third-order valence-electron chi connectivity index (χ3n) is 2.95. The second-order valence-corrected chi connectivity index (χ2v) is 3.94. The molecule has 1 spiro atoms. The second-order valence-electron chi connectivity index (χ2n) is 3.94. The maximum absolute atomic E-state index is 11.0. The zero-order valence-electron chi connectivity index (χ0n) is 7.27. The van der Waals surface area contributed by atoms with Crippen molar-refractivity contribution >= 4 is 5.97 Å². The second kappa shape index (κ2) is 3.05. The van der Waals surface area contributed by atoms with Crippen LogP contribution in [0.3, 0.4) is 0 Å². The van der Waals surface area contributed by atoms with E-state index in [0.717, 1.165) is 25.9 Å². The van der Waals surface area contributed by atoms with E-state index < -0.39 is 0 Å². The lowest BCUT2D eigenvalue weighted by Crippen LogP contribution is -2.22. The summed E-state index contributed by atoms with van der Waals surface area (Å²) in [5, 5.41) is 3.35. The van der Waals surface area contributed by atoms with Crippen molar-refractivity contribution in [3.05, 3.63) is 0 Å². The highest BCUT2D eigenvalue weighted by atomic mass is 16.5. The molecule has 3 heteroatoms. The first-order valence-corrected chi connectivity index (χ1v) is 4.67. The number of ether oxygens (including phenoxy) is 1. The molecule has 2 saturated heterocycles. The van der Waals surface area contributed by atoms with Gasteiger partial charge in [-0.3, -0.25) is 4.79 Å². The topological polar surface area (TPSA) is 38.3 Å². The van der Waals surface area contributed by atoms with Gasteiger partial charge in [0, 0.05) is 5.41 Å². The molecule has 12 heavy (non-hydrogen) atoms. The Morgan fingerprint density at radius 1 is 1.33 bits per heavy atom. The maximum atomic E-state index is 11.0. The van der Waals surface area contributed by atoms with Crippen molar-refractivity contribution in [3.8, 4) is 0 Å². The fourth-order valence-electron chi connectivity index (χ4n) is 2.15. The molecule has 68 valence electrons. The number of carbonyl (C=O) groups is 1. The molecule has 0 aliphatic carbocycles. The molecule has 1 unspecified atom stereocenters. The van der Waals surface area contributed by atoms with Gasteiger partial charge < -0.3 is 10.1 Å². The normalized spacial score (nSPS) is 36.5. The van der Waals surface area contributed by atoms with Crippen LogP contribution in [0.1, 0.15) is 25.7 Å². The van der Waals surface area contributed by atoms with Gasteiger partial charge in [-0.15, -0.1) is 0 Å². The Morgan fingerprint density at radius 3 is 3.00 bits per heavy atom. The molecule has 1 atom stereocenters. The van der Waals surface area contributed by atoms with Gasteiger partial charge in [0.15, 0.2) is 0 Å². The molecular weight excluding hydrogens is 154 g/mol. The van der Waals surface area contributed by atoms with Crippen LogP contribution in [0.15, 0.2) is 0 Å². The van der Waals surface area contributed by atoms with Gasteiger partial charge in [-0.2, -0.15) is 0 Å². The van der Waals surface area contributed by atoms with Crippen LogP contribution in [0, 0.1) is 5.41 Å². The molecule has 0 aromatic heterocycles. The Hall–Kier alpha value is -0.570. The summed E-state index contributed by atoms with van der Waals surface area (Å²) in [6, 6.07) is 0. The van der Waals surface area contributed by atoms with E-state index in [1.54, 1.807) is 0 Å². The molecule has 0 aromatic carbocycles. The Balaban J connectivity index is 2.03. The zero-order chi connectivity index (χ0) is 8.44. The first-order chi connectivity index (χ1) is 5.81. The van der Waals surface area contributed by atoms with E-state index in [1.807, 2.05) is 0 Å². The Morgan fingerprint density at radius 2 is 2.25 bits per heavy atom. The molecule has 0 saturated carbocycles. The van der Waals surface area contributed by atoms with Crippen LogP contribution in [0.2, 0.25) is 0 Å². The summed E-state index contributed by atoms with van der Waals surface area (Å²) in [5.41, 5.74) is 0.195. The summed E-state index contributed by atoms with van der Waals surface area (Å²) >= 11 is 0. The van der Waals surface area contributed by atoms with Gasteiger partial charge in [-0.1, -0.05) is 0 Å². The van der Waals surface area contributed by atoms with Gasteiger partial charge in [-0.25, -0.2) is 0 Å². The highest BCUT2D eigenvalue weighted by molar-refractivity contribution is 5.72. The molecule has 3 nitrogen and oxygen atoms in total. The smallest absolute Gasteiger partial charge is 0.306 e. The standard InChI is InChI=1S/C9H15NO2/c11-8-6-9(7-12-8)2-1-4-10-5-3-9/h10H,1-7H2. The predicted molar refractivity (Wildman–Crippen MR) is 44.7 cm³/mol. The minimum absolute atomic E-state index is 0.00287. The van der Waals surface area contributed by atoms with Gasteiger partial charge >= 0.3 is 5.97 Å². The van der Waals surface area contributed by atoms with Crippen LogP contribution in [0.25, 0.3) is 0 Å². The predicted octanol–water partition coefficient (Wildman–Crippen LogP) is 0.693. The van der Waals surface area contributed by atoms with Crippen LogP contribution in [0.4, 0.5) is 0 Å². The van der Waals surface area contributed by atoms with Crippen molar-refractivity contribution < 1.29 is 9.53 Å². The van der Waals surface area contributed by atoms with E-state index in [-0.39, 0.29) is 11.4 Å². The van der Waals surface area contributed by atoms with Crippen LogP contribution >= 0.6 is 0 Å². The fraction of sp³-hybridized carbons (Fsp3) is 0.889. The highest BCUT2D eigenvalue weighted by Crippen LogP contribution is 2.38. The summed E-state index contributed by atoms with van der Waals surface area (Å²) in [4.78, 5) is 11.0. The van der Waals surface area contributed by atoms with Crippen LogP contribution in [-0.4, -0.2) is 25.7 Å². The molecule has 0 amide bonds. The molecule has 0 aromatic rings. The Bertz CT molecular complexity index is 183. The number of cyclic esters (lactones) is 1. The quantitative estimate of drug-likeness (QED) is 0.542. The number of carbonyl (C=O) groups excluding carboxylic acids is 1. The van der Waals surface area contributed by atoms with Crippen molar-refractivity contribution in [3.63, 3.8) is 0 Å². The molecule has 2 rings (SSSR count). The number of nitrogens with one attached hydrogen (secondary N) is 1. The number of rotatable bonds is 0.